The summed E-state index contributed by atoms with van der Waals surface area (Å²) in [5.74, 6) is 1.72. The molecule has 0 bridgehead atoms. The van der Waals surface area contributed by atoms with Crippen molar-refractivity contribution in [2.24, 2.45) is 0 Å². The maximum Gasteiger partial charge on any atom is 0.130 e. The van der Waals surface area contributed by atoms with Crippen LogP contribution in [0.2, 0.25) is 0 Å². The Morgan fingerprint density at radius 3 is 2.38 bits per heavy atom. The Balaban J connectivity index is 2.61. The maximum absolute atomic E-state index is 5.61. The molecule has 0 saturated carbocycles. The number of benzene rings is 2. The second kappa shape index (κ2) is 4.88. The molecule has 2 nitrogen and oxygen atoms in total. The molecule has 0 atom stereocenters. The van der Waals surface area contributed by atoms with Crippen LogP contribution in [0.4, 0.5) is 0 Å². The van der Waals surface area contributed by atoms with E-state index in [2.05, 4.69) is 6.07 Å². The van der Waals surface area contributed by atoms with E-state index in [4.69, 9.17) is 9.47 Å². The van der Waals surface area contributed by atoms with Crippen molar-refractivity contribution in [1.29, 1.82) is 0 Å². The van der Waals surface area contributed by atoms with Crippen molar-refractivity contribution < 1.29 is 9.47 Å². The second-order valence-corrected chi connectivity index (χ2v) is 3.39. The highest BCUT2D eigenvalue weighted by molar-refractivity contribution is 5.93. The molecule has 1 radical (unpaired) electrons. The normalized spacial score (nSPS) is 10.4. The van der Waals surface area contributed by atoms with Crippen LogP contribution < -0.4 is 9.47 Å². The van der Waals surface area contributed by atoms with Gasteiger partial charge in [0.15, 0.2) is 0 Å². The van der Waals surface area contributed by atoms with Gasteiger partial charge in [-0.05, 0) is 37.4 Å². The van der Waals surface area contributed by atoms with Gasteiger partial charge >= 0.3 is 0 Å². The highest BCUT2D eigenvalue weighted by Crippen LogP contribution is 2.33. The smallest absolute Gasteiger partial charge is 0.130 e. The number of hydrogen-bond acceptors (Lipinski definition) is 2. The van der Waals surface area contributed by atoms with E-state index < -0.39 is 0 Å². The van der Waals surface area contributed by atoms with Crippen molar-refractivity contribution in [2.45, 2.75) is 13.8 Å². The number of fused-ring (bicyclic) bond motifs is 1. The van der Waals surface area contributed by atoms with Gasteiger partial charge in [-0.25, -0.2) is 0 Å². The molecule has 0 fully saturated rings. The number of rotatable bonds is 4. The van der Waals surface area contributed by atoms with Crippen LogP contribution in [0.15, 0.2) is 30.3 Å². The molecule has 0 spiro atoms. The zero-order valence-electron chi connectivity index (χ0n) is 9.62. The average Bonchev–Trinajstić information content (AvgIpc) is 2.30. The highest BCUT2D eigenvalue weighted by atomic mass is 16.5. The lowest BCUT2D eigenvalue weighted by Gasteiger charge is -2.11. The van der Waals surface area contributed by atoms with Crippen LogP contribution in [-0.2, 0) is 0 Å². The molecule has 0 amide bonds. The Kier molecular flexibility index (Phi) is 3.30. The van der Waals surface area contributed by atoms with E-state index in [9.17, 15) is 0 Å². The quantitative estimate of drug-likeness (QED) is 0.777. The fourth-order valence-electron chi connectivity index (χ4n) is 1.75. The molecule has 0 saturated heterocycles. The molecule has 16 heavy (non-hydrogen) atoms. The summed E-state index contributed by atoms with van der Waals surface area (Å²) >= 11 is 0. The minimum Gasteiger partial charge on any atom is -0.493 e. The van der Waals surface area contributed by atoms with Crippen molar-refractivity contribution in [3.8, 4) is 11.5 Å². The summed E-state index contributed by atoms with van der Waals surface area (Å²) in [4.78, 5) is 0. The largest absolute Gasteiger partial charge is 0.493 e. The summed E-state index contributed by atoms with van der Waals surface area (Å²) in [6.45, 7) is 5.26. The molecule has 0 unspecified atom stereocenters. The van der Waals surface area contributed by atoms with Gasteiger partial charge in [0, 0.05) is 0 Å². The van der Waals surface area contributed by atoms with E-state index in [1.54, 1.807) is 0 Å². The van der Waals surface area contributed by atoms with Crippen LogP contribution in [0.5, 0.6) is 11.5 Å². The lowest BCUT2D eigenvalue weighted by Crippen LogP contribution is -1.96. The third-order valence-corrected chi connectivity index (χ3v) is 2.35. The summed E-state index contributed by atoms with van der Waals surface area (Å²) < 4.78 is 11.2. The Bertz CT molecular complexity index is 436. The number of hydrogen-bond donors (Lipinski definition) is 0. The summed E-state index contributed by atoms with van der Waals surface area (Å²) in [7, 11) is 0. The Morgan fingerprint density at radius 2 is 1.69 bits per heavy atom. The predicted molar refractivity (Wildman–Crippen MR) is 65.1 cm³/mol. The van der Waals surface area contributed by atoms with Crippen LogP contribution in [-0.4, -0.2) is 13.2 Å². The molecule has 2 aromatic carbocycles. The summed E-state index contributed by atoms with van der Waals surface area (Å²) in [6.07, 6.45) is 0. The van der Waals surface area contributed by atoms with Crippen LogP contribution >= 0.6 is 0 Å². The first-order valence-corrected chi connectivity index (χ1v) is 5.55. The molecule has 0 aliphatic carbocycles. The van der Waals surface area contributed by atoms with Gasteiger partial charge in [0.25, 0.3) is 0 Å². The fraction of sp³-hybridized carbons (Fsp3) is 0.286. The molecular formula is C14H15O2. The molecule has 83 valence electrons. The van der Waals surface area contributed by atoms with Crippen molar-refractivity contribution in [1.82, 2.24) is 0 Å². The van der Waals surface area contributed by atoms with Gasteiger partial charge in [0.2, 0.25) is 0 Å². The van der Waals surface area contributed by atoms with Crippen LogP contribution in [0.3, 0.4) is 0 Å². The first-order chi connectivity index (χ1) is 7.86. The van der Waals surface area contributed by atoms with E-state index in [0.717, 1.165) is 22.3 Å². The van der Waals surface area contributed by atoms with Crippen LogP contribution in [0, 0.1) is 6.07 Å². The lowest BCUT2D eigenvalue weighted by molar-refractivity contribution is 0.332. The van der Waals surface area contributed by atoms with Gasteiger partial charge < -0.3 is 9.47 Å². The maximum atomic E-state index is 5.61. The highest BCUT2D eigenvalue weighted by Gasteiger charge is 2.07. The van der Waals surface area contributed by atoms with Crippen molar-refractivity contribution >= 4 is 10.8 Å². The van der Waals surface area contributed by atoms with Crippen molar-refractivity contribution in [3.05, 3.63) is 36.4 Å². The predicted octanol–water partition coefficient (Wildman–Crippen LogP) is 3.44. The molecule has 0 heterocycles. The van der Waals surface area contributed by atoms with Crippen LogP contribution in [0.25, 0.3) is 10.8 Å². The fourth-order valence-corrected chi connectivity index (χ4v) is 1.75. The van der Waals surface area contributed by atoms with Gasteiger partial charge in [-0.2, -0.15) is 0 Å². The molecule has 2 rings (SSSR count). The standard InChI is InChI=1S/C14H15O2/c1-3-15-12-9-5-7-11-8-6-10-13(14(11)12)16-4-2/h5-7,9-10H,3-4H2,1-2H3. The Morgan fingerprint density at radius 1 is 1.00 bits per heavy atom. The van der Waals surface area contributed by atoms with Gasteiger partial charge in [-0.15, -0.1) is 0 Å². The van der Waals surface area contributed by atoms with Gasteiger partial charge in [-0.1, -0.05) is 18.2 Å². The third kappa shape index (κ3) is 1.96. The summed E-state index contributed by atoms with van der Waals surface area (Å²) in [5.41, 5.74) is 0. The molecule has 2 heteroatoms. The topological polar surface area (TPSA) is 18.5 Å². The van der Waals surface area contributed by atoms with E-state index in [1.165, 1.54) is 0 Å². The zero-order valence-corrected chi connectivity index (χ0v) is 9.62. The molecule has 0 aliphatic heterocycles. The van der Waals surface area contributed by atoms with Gasteiger partial charge in [0.1, 0.15) is 11.5 Å². The Hall–Kier alpha value is -1.70. The number of ether oxygens (including phenoxy) is 2. The summed E-state index contributed by atoms with van der Waals surface area (Å²) in [5, 5.41) is 2.03. The Labute approximate surface area is 95.8 Å². The van der Waals surface area contributed by atoms with E-state index >= 15 is 0 Å². The molecule has 2 aromatic rings. The minimum absolute atomic E-state index is 0.652. The first kappa shape index (κ1) is 10.8. The second-order valence-electron chi connectivity index (χ2n) is 3.39. The first-order valence-electron chi connectivity index (χ1n) is 5.55. The molecular weight excluding hydrogens is 200 g/mol. The van der Waals surface area contributed by atoms with Crippen molar-refractivity contribution in [3.63, 3.8) is 0 Å². The average molecular weight is 215 g/mol. The third-order valence-electron chi connectivity index (χ3n) is 2.35. The minimum atomic E-state index is 0.652. The van der Waals surface area contributed by atoms with Crippen molar-refractivity contribution in [2.75, 3.05) is 13.2 Å². The van der Waals surface area contributed by atoms with Crippen LogP contribution in [0.1, 0.15) is 13.8 Å². The SMILES string of the molecule is CCOc1cc[c]c2cccc(OCC)c12. The summed E-state index contributed by atoms with van der Waals surface area (Å²) in [6, 6.07) is 12.9. The van der Waals surface area contributed by atoms with E-state index in [1.807, 2.05) is 44.2 Å². The van der Waals surface area contributed by atoms with E-state index in [0.29, 0.717) is 13.2 Å². The lowest BCUT2D eigenvalue weighted by atomic mass is 10.1. The van der Waals surface area contributed by atoms with Gasteiger partial charge in [-0.3, -0.25) is 0 Å². The zero-order chi connectivity index (χ0) is 11.4. The monoisotopic (exact) mass is 215 g/mol. The molecule has 0 N–H and O–H groups in total. The van der Waals surface area contributed by atoms with Gasteiger partial charge in [0.05, 0.1) is 18.6 Å². The van der Waals surface area contributed by atoms with E-state index in [-0.39, 0.29) is 0 Å². The molecule has 0 aromatic heterocycles. The molecule has 0 aliphatic rings.